The molecule has 10 nitrogen and oxygen atoms in total. The number of benzene rings is 1. The highest BCUT2D eigenvalue weighted by atomic mass is 16.5. The van der Waals surface area contributed by atoms with Gasteiger partial charge in [-0.15, -0.1) is 0 Å². The molecule has 2 aliphatic heterocycles. The molecule has 10 heteroatoms. The highest BCUT2D eigenvalue weighted by Gasteiger charge is 2.68. The molecule has 1 saturated carbocycles. The van der Waals surface area contributed by atoms with Crippen LogP contribution in [0.15, 0.2) is 12.1 Å². The number of imide groups is 1. The molecule has 2 amide bonds. The van der Waals surface area contributed by atoms with Crippen LogP contribution in [-0.2, 0) is 19.1 Å². The van der Waals surface area contributed by atoms with Crippen LogP contribution in [0.25, 0.3) is 0 Å². The van der Waals surface area contributed by atoms with Crippen molar-refractivity contribution in [3.8, 4) is 11.5 Å². The number of rotatable bonds is 10. The van der Waals surface area contributed by atoms with E-state index in [1.165, 1.54) is 32.3 Å². The van der Waals surface area contributed by atoms with Gasteiger partial charge in [0.1, 0.15) is 22.6 Å². The largest absolute Gasteiger partial charge is 0.497 e. The first-order chi connectivity index (χ1) is 18.2. The van der Waals surface area contributed by atoms with E-state index in [0.29, 0.717) is 17.7 Å². The van der Waals surface area contributed by atoms with Crippen molar-refractivity contribution in [3.63, 3.8) is 0 Å². The summed E-state index contributed by atoms with van der Waals surface area (Å²) in [6, 6.07) is 2.18. The Morgan fingerprint density at radius 3 is 2.37 bits per heavy atom. The van der Waals surface area contributed by atoms with Crippen LogP contribution in [0.3, 0.4) is 0 Å². The summed E-state index contributed by atoms with van der Waals surface area (Å²) >= 11 is 0. The van der Waals surface area contributed by atoms with Crippen molar-refractivity contribution in [2.24, 2.45) is 17.8 Å². The van der Waals surface area contributed by atoms with Gasteiger partial charge in [0, 0.05) is 18.7 Å². The van der Waals surface area contributed by atoms with E-state index in [1.807, 2.05) is 6.92 Å². The maximum atomic E-state index is 13.8. The summed E-state index contributed by atoms with van der Waals surface area (Å²) in [5, 5.41) is 14.0. The maximum absolute atomic E-state index is 13.8. The van der Waals surface area contributed by atoms with Gasteiger partial charge < -0.3 is 19.3 Å². The first-order valence-electron chi connectivity index (χ1n) is 13.4. The highest BCUT2D eigenvalue weighted by Crippen LogP contribution is 2.53. The molecule has 0 bridgehead atoms. The molecule has 38 heavy (non-hydrogen) atoms. The Hall–Kier alpha value is -3.14. The molecule has 2 heterocycles. The van der Waals surface area contributed by atoms with Crippen LogP contribution in [0.5, 0.6) is 11.5 Å². The van der Waals surface area contributed by atoms with Crippen molar-refractivity contribution in [3.05, 3.63) is 23.3 Å². The first kappa shape index (κ1) is 27.9. The number of nitrogens with zero attached hydrogens (tertiary/aromatic N) is 1. The number of methoxy groups -OCH3 is 3. The molecule has 208 valence electrons. The van der Waals surface area contributed by atoms with E-state index in [-0.39, 0.29) is 30.2 Å². The van der Waals surface area contributed by atoms with Crippen LogP contribution in [-0.4, -0.2) is 67.2 Å². The first-order valence-corrected chi connectivity index (χ1v) is 13.4. The number of hydrogen-bond acceptors (Lipinski definition) is 8. The normalized spacial score (nSPS) is 27.4. The third-order valence-corrected chi connectivity index (χ3v) is 8.48. The monoisotopic (exact) mass is 530 g/mol. The fraction of sp³-hybridized carbons (Fsp3) is 0.643. The quantitative estimate of drug-likeness (QED) is 0.345. The zero-order valence-electron chi connectivity index (χ0n) is 22.6. The lowest BCUT2D eigenvalue weighted by Gasteiger charge is -2.35. The number of nitrogens with one attached hydrogen (secondary N) is 1. The third-order valence-electron chi connectivity index (χ3n) is 8.48. The van der Waals surface area contributed by atoms with E-state index in [0.717, 1.165) is 38.5 Å². The predicted molar refractivity (Wildman–Crippen MR) is 137 cm³/mol. The van der Waals surface area contributed by atoms with Crippen molar-refractivity contribution in [1.82, 2.24) is 10.2 Å². The van der Waals surface area contributed by atoms with Gasteiger partial charge >= 0.3 is 11.9 Å². The zero-order valence-corrected chi connectivity index (χ0v) is 22.6. The second-order valence-electron chi connectivity index (χ2n) is 10.6. The number of aliphatic carboxylic acids is 1. The lowest BCUT2D eigenvalue weighted by atomic mass is 9.72. The second kappa shape index (κ2) is 11.3. The van der Waals surface area contributed by atoms with Crippen molar-refractivity contribution in [2.45, 2.75) is 69.9 Å². The lowest BCUT2D eigenvalue weighted by Crippen LogP contribution is -2.57. The molecular weight excluding hydrogens is 492 g/mol. The standard InChI is InChI=1S/C28H38N2O8/c1-5-6-12-30-24(31)21-22(25(30)32)28(27(34)35,15-16-10-8-7-9-11-16)29-23(21)18-13-17(36-2)14-19(37-3)20(18)26(33)38-4/h13-14,16,21-23,29H,5-12,15H2,1-4H3,(H,34,35). The van der Waals surface area contributed by atoms with Crippen LogP contribution in [0.2, 0.25) is 0 Å². The minimum Gasteiger partial charge on any atom is -0.497 e. The van der Waals surface area contributed by atoms with Gasteiger partial charge in [-0.3, -0.25) is 24.6 Å². The van der Waals surface area contributed by atoms with Crippen LogP contribution in [0, 0.1) is 17.8 Å². The highest BCUT2D eigenvalue weighted by molar-refractivity contribution is 6.09. The number of carbonyl (C=O) groups excluding carboxylic acids is 3. The molecule has 4 unspecified atom stereocenters. The third kappa shape index (κ3) is 4.63. The number of hydrogen-bond donors (Lipinski definition) is 2. The molecule has 4 atom stereocenters. The number of esters is 1. The van der Waals surface area contributed by atoms with E-state index in [4.69, 9.17) is 14.2 Å². The van der Waals surface area contributed by atoms with Gasteiger partial charge in [-0.2, -0.15) is 0 Å². The van der Waals surface area contributed by atoms with Gasteiger partial charge in [-0.05, 0) is 30.4 Å². The molecule has 0 spiro atoms. The Labute approximate surface area is 223 Å². The molecule has 0 aromatic heterocycles. The molecule has 2 N–H and O–H groups in total. The van der Waals surface area contributed by atoms with E-state index in [2.05, 4.69) is 5.32 Å². The number of fused-ring (bicyclic) bond motifs is 1. The number of likely N-dealkylation sites (tertiary alicyclic amines) is 1. The predicted octanol–water partition coefficient (Wildman–Crippen LogP) is 3.33. The second-order valence-corrected chi connectivity index (χ2v) is 10.6. The number of unbranched alkanes of at least 4 members (excludes halogenated alkanes) is 1. The Balaban J connectivity index is 1.90. The molecule has 1 aliphatic carbocycles. The molecule has 1 aromatic rings. The fourth-order valence-electron chi connectivity index (χ4n) is 6.64. The molecule has 1 aromatic carbocycles. The SMILES string of the molecule is CCCCN1C(=O)C2C(c3cc(OC)cc(OC)c3C(=O)OC)NC(CC3CCCCC3)(C(=O)O)C2C1=O. The number of amides is 2. The molecule has 3 aliphatic rings. The summed E-state index contributed by atoms with van der Waals surface area (Å²) in [5.41, 5.74) is -1.28. The van der Waals surface area contributed by atoms with Crippen molar-refractivity contribution < 1.29 is 38.5 Å². The van der Waals surface area contributed by atoms with Gasteiger partial charge in [-0.1, -0.05) is 45.4 Å². The van der Waals surface area contributed by atoms with Crippen LogP contribution >= 0.6 is 0 Å². The fourth-order valence-corrected chi connectivity index (χ4v) is 6.64. The summed E-state index contributed by atoms with van der Waals surface area (Å²) in [7, 11) is 4.10. The topological polar surface area (TPSA) is 131 Å². The van der Waals surface area contributed by atoms with Crippen molar-refractivity contribution in [1.29, 1.82) is 0 Å². The van der Waals surface area contributed by atoms with Crippen molar-refractivity contribution >= 4 is 23.8 Å². The van der Waals surface area contributed by atoms with Gasteiger partial charge in [-0.25, -0.2) is 4.79 Å². The minimum atomic E-state index is -1.66. The van der Waals surface area contributed by atoms with Crippen molar-refractivity contribution in [2.75, 3.05) is 27.9 Å². The van der Waals surface area contributed by atoms with Gasteiger partial charge in [0.15, 0.2) is 0 Å². The Bertz CT molecular complexity index is 1100. The number of ether oxygens (including phenoxy) is 3. The summed E-state index contributed by atoms with van der Waals surface area (Å²) in [6.07, 6.45) is 6.50. The molecule has 2 saturated heterocycles. The minimum absolute atomic E-state index is 0.0677. The lowest BCUT2D eigenvalue weighted by molar-refractivity contribution is -0.152. The molecule has 3 fully saturated rings. The molecule has 4 rings (SSSR count). The summed E-state index contributed by atoms with van der Waals surface area (Å²) in [4.78, 5) is 55.0. The zero-order chi connectivity index (χ0) is 27.6. The number of carbonyl (C=O) groups is 4. The van der Waals surface area contributed by atoms with Gasteiger partial charge in [0.25, 0.3) is 0 Å². The van der Waals surface area contributed by atoms with Crippen LogP contribution in [0.1, 0.15) is 80.3 Å². The van der Waals surface area contributed by atoms with Gasteiger partial charge in [0.2, 0.25) is 11.8 Å². The Morgan fingerprint density at radius 1 is 1.08 bits per heavy atom. The molecular formula is C28H38N2O8. The Morgan fingerprint density at radius 2 is 1.79 bits per heavy atom. The van der Waals surface area contributed by atoms with E-state index in [9.17, 15) is 24.3 Å². The number of carboxylic acid groups (broad SMARTS) is 1. The van der Waals surface area contributed by atoms with Crippen LogP contribution in [0.4, 0.5) is 0 Å². The van der Waals surface area contributed by atoms with E-state index < -0.39 is 47.2 Å². The summed E-state index contributed by atoms with van der Waals surface area (Å²) < 4.78 is 16.0. The number of carboxylic acids is 1. The average Bonchev–Trinajstić information content (AvgIpc) is 3.40. The Kier molecular flexibility index (Phi) is 8.30. The van der Waals surface area contributed by atoms with Crippen LogP contribution < -0.4 is 14.8 Å². The van der Waals surface area contributed by atoms with Gasteiger partial charge in [0.05, 0.1) is 33.2 Å². The van der Waals surface area contributed by atoms with E-state index in [1.54, 1.807) is 6.07 Å². The summed E-state index contributed by atoms with van der Waals surface area (Å²) in [5.74, 6) is -4.19. The summed E-state index contributed by atoms with van der Waals surface area (Å²) in [6.45, 7) is 2.20. The smallest absolute Gasteiger partial charge is 0.341 e. The average molecular weight is 531 g/mol. The maximum Gasteiger partial charge on any atom is 0.341 e. The molecule has 0 radical (unpaired) electrons. The van der Waals surface area contributed by atoms with E-state index >= 15 is 0 Å².